The van der Waals surface area contributed by atoms with Crippen LogP contribution in [0, 0.1) is 0 Å². The summed E-state index contributed by atoms with van der Waals surface area (Å²) in [5, 5.41) is 41.8. The molecule has 1 aliphatic heterocycles. The number of carbonyl (C=O) groups is 2. The van der Waals surface area contributed by atoms with Crippen molar-refractivity contribution in [2.45, 2.75) is 43.4 Å². The fraction of sp³-hybridized carbons (Fsp3) is 0.615. The Morgan fingerprint density at radius 1 is 1.35 bits per heavy atom. The smallest absolute Gasteiger partial charge is 0.328 e. The molecular weight excluding hydrogens is 352 g/mol. The third kappa shape index (κ3) is 4.32. The third-order valence-corrected chi connectivity index (χ3v) is 3.76. The number of aliphatic hydroxyl groups excluding tert-OH is 3. The lowest BCUT2D eigenvalue weighted by atomic mass is 10.1. The number of aromatic nitrogens is 3. The normalized spacial score (nSPS) is 27.4. The molecule has 144 valence electrons. The maximum Gasteiger partial charge on any atom is 0.328 e. The van der Waals surface area contributed by atoms with Crippen molar-refractivity contribution in [3.63, 3.8) is 0 Å². The van der Waals surface area contributed by atoms with E-state index in [4.69, 9.17) is 26.4 Å². The van der Waals surface area contributed by atoms with Crippen LogP contribution in [0.4, 0.5) is 0 Å². The van der Waals surface area contributed by atoms with Gasteiger partial charge < -0.3 is 36.6 Å². The van der Waals surface area contributed by atoms with Crippen LogP contribution in [0.3, 0.4) is 0 Å². The second-order valence-corrected chi connectivity index (χ2v) is 5.65. The Morgan fingerprint density at radius 3 is 2.58 bits per heavy atom. The summed E-state index contributed by atoms with van der Waals surface area (Å²) < 4.78 is 6.35. The molecule has 1 aromatic rings. The van der Waals surface area contributed by atoms with E-state index in [1.165, 1.54) is 0 Å². The summed E-state index contributed by atoms with van der Waals surface area (Å²) in [5.41, 5.74) is 10.7. The molecule has 0 bridgehead atoms. The Morgan fingerprint density at radius 2 is 2.04 bits per heavy atom. The highest BCUT2D eigenvalue weighted by molar-refractivity contribution is 5.95. The van der Waals surface area contributed by atoms with Crippen molar-refractivity contribution in [2.75, 3.05) is 6.61 Å². The molecule has 0 spiro atoms. The number of amidine groups is 1. The lowest BCUT2D eigenvalue weighted by Gasteiger charge is -2.13. The first kappa shape index (κ1) is 19.7. The second kappa shape index (κ2) is 8.18. The summed E-state index contributed by atoms with van der Waals surface area (Å²) in [5.74, 6) is -2.39. The fourth-order valence-electron chi connectivity index (χ4n) is 2.36. The summed E-state index contributed by atoms with van der Waals surface area (Å²) in [4.78, 5) is 29.6. The van der Waals surface area contributed by atoms with Gasteiger partial charge in [-0.15, -0.1) is 5.10 Å². The van der Waals surface area contributed by atoms with Crippen molar-refractivity contribution in [1.82, 2.24) is 14.8 Å². The van der Waals surface area contributed by atoms with Crippen molar-refractivity contribution < 1.29 is 34.8 Å². The van der Waals surface area contributed by atoms with E-state index >= 15 is 0 Å². The molecule has 0 aromatic carbocycles. The molecule has 13 heteroatoms. The number of aliphatic carboxylic acids is 1. The van der Waals surface area contributed by atoms with Gasteiger partial charge in [-0.1, -0.05) is 0 Å². The van der Waals surface area contributed by atoms with Crippen LogP contribution in [0.15, 0.2) is 11.3 Å². The average molecular weight is 372 g/mol. The number of nitrogens with two attached hydrogens (primary N) is 2. The van der Waals surface area contributed by atoms with E-state index in [1.54, 1.807) is 0 Å². The molecule has 0 saturated carbocycles. The van der Waals surface area contributed by atoms with Crippen molar-refractivity contribution >= 4 is 17.7 Å². The van der Waals surface area contributed by atoms with E-state index in [1.807, 2.05) is 0 Å². The lowest BCUT2D eigenvalue weighted by Crippen LogP contribution is -2.33. The largest absolute Gasteiger partial charge is 0.480 e. The van der Waals surface area contributed by atoms with Crippen LogP contribution < -0.4 is 11.5 Å². The summed E-state index contributed by atoms with van der Waals surface area (Å²) in [6.07, 6.45) is -3.94. The molecule has 2 heterocycles. The number of hydrogen-bond donors (Lipinski definition) is 6. The zero-order valence-electron chi connectivity index (χ0n) is 13.5. The molecule has 2 rings (SSSR count). The number of primary amides is 1. The Kier molecular flexibility index (Phi) is 6.20. The molecule has 1 aliphatic rings. The Hall–Kier alpha value is -2.61. The molecule has 8 N–H and O–H groups in total. The number of ether oxygens (including phenoxy) is 1. The fourth-order valence-corrected chi connectivity index (χ4v) is 2.36. The van der Waals surface area contributed by atoms with E-state index in [-0.39, 0.29) is 24.5 Å². The van der Waals surface area contributed by atoms with Gasteiger partial charge in [-0.3, -0.25) is 9.79 Å². The SMILES string of the molecule is NC(=O)CCC(N=C(N)c1ncn(C2O[C@H](CO)[C@@H](O)[C@H]2O)n1)C(=O)O. The summed E-state index contributed by atoms with van der Waals surface area (Å²) in [7, 11) is 0. The van der Waals surface area contributed by atoms with Crippen LogP contribution in [0.25, 0.3) is 0 Å². The number of aliphatic imine (C=N–C) groups is 1. The number of rotatable bonds is 8. The van der Waals surface area contributed by atoms with E-state index < -0.39 is 49.1 Å². The molecule has 1 saturated heterocycles. The van der Waals surface area contributed by atoms with Crippen LogP contribution in [0.2, 0.25) is 0 Å². The standard InChI is InChI=1S/C13H20N6O7/c14-7(21)2-1-5(13(24)25)17-10(15)11-16-4-19(18-11)12-9(23)8(22)6(3-20)26-12/h4-6,8-9,12,20,22-23H,1-3H2,(H2,14,21)(H2,15,17)(H,24,25)/t5?,6-,8-,9-,12?/m1/s1. The van der Waals surface area contributed by atoms with Gasteiger partial charge in [0.2, 0.25) is 11.7 Å². The molecule has 0 aliphatic carbocycles. The zero-order chi connectivity index (χ0) is 19.4. The molecule has 1 amide bonds. The van der Waals surface area contributed by atoms with Crippen LogP contribution in [-0.4, -0.2) is 83.9 Å². The van der Waals surface area contributed by atoms with Gasteiger partial charge in [-0.05, 0) is 6.42 Å². The number of nitrogens with zero attached hydrogens (tertiary/aromatic N) is 4. The molecule has 5 atom stereocenters. The molecule has 26 heavy (non-hydrogen) atoms. The number of carboxylic acid groups (broad SMARTS) is 1. The summed E-state index contributed by atoms with van der Waals surface area (Å²) in [6.45, 7) is -0.500. The lowest BCUT2D eigenvalue weighted by molar-refractivity contribution is -0.138. The highest BCUT2D eigenvalue weighted by Gasteiger charge is 2.44. The first-order valence-corrected chi connectivity index (χ1v) is 7.63. The first-order valence-electron chi connectivity index (χ1n) is 7.63. The number of carbonyl (C=O) groups excluding carboxylic acids is 1. The van der Waals surface area contributed by atoms with E-state index in [2.05, 4.69) is 15.1 Å². The van der Waals surface area contributed by atoms with Gasteiger partial charge >= 0.3 is 5.97 Å². The zero-order valence-corrected chi connectivity index (χ0v) is 13.5. The predicted octanol–water partition coefficient (Wildman–Crippen LogP) is -3.69. The second-order valence-electron chi connectivity index (χ2n) is 5.65. The van der Waals surface area contributed by atoms with Crippen molar-refractivity contribution in [3.8, 4) is 0 Å². The van der Waals surface area contributed by atoms with E-state index in [9.17, 15) is 19.8 Å². The third-order valence-electron chi connectivity index (χ3n) is 3.76. The Balaban J connectivity index is 2.14. The highest BCUT2D eigenvalue weighted by Crippen LogP contribution is 2.28. The number of hydrogen-bond acceptors (Lipinski definition) is 9. The maximum absolute atomic E-state index is 11.2. The molecule has 0 radical (unpaired) electrons. The first-order chi connectivity index (χ1) is 12.2. The van der Waals surface area contributed by atoms with Gasteiger partial charge in [0.1, 0.15) is 30.7 Å². The Labute approximate surface area is 146 Å². The van der Waals surface area contributed by atoms with Gasteiger partial charge in [0.25, 0.3) is 0 Å². The monoisotopic (exact) mass is 372 g/mol. The quantitative estimate of drug-likeness (QED) is 0.194. The van der Waals surface area contributed by atoms with E-state index in [0.717, 1.165) is 11.0 Å². The molecule has 1 fully saturated rings. The molecule has 13 nitrogen and oxygen atoms in total. The van der Waals surface area contributed by atoms with Crippen LogP contribution in [0.5, 0.6) is 0 Å². The maximum atomic E-state index is 11.2. The van der Waals surface area contributed by atoms with Crippen LogP contribution in [-0.2, 0) is 14.3 Å². The van der Waals surface area contributed by atoms with Gasteiger partial charge in [-0.2, -0.15) is 0 Å². The minimum atomic E-state index is -1.36. The Bertz CT molecular complexity index is 692. The minimum Gasteiger partial charge on any atom is -0.480 e. The van der Waals surface area contributed by atoms with Crippen LogP contribution in [0.1, 0.15) is 24.9 Å². The van der Waals surface area contributed by atoms with Gasteiger partial charge in [0.05, 0.1) is 6.61 Å². The molecule has 1 aromatic heterocycles. The molecular formula is C13H20N6O7. The molecule has 2 unspecified atom stereocenters. The summed E-state index contributed by atoms with van der Waals surface area (Å²) in [6, 6.07) is -1.30. The minimum absolute atomic E-state index is 0.131. The number of aliphatic hydroxyl groups is 3. The number of carboxylic acids is 1. The van der Waals surface area contributed by atoms with Gasteiger partial charge in [0, 0.05) is 6.42 Å². The topological polar surface area (TPSA) is 219 Å². The van der Waals surface area contributed by atoms with Gasteiger partial charge in [-0.25, -0.2) is 14.5 Å². The highest BCUT2D eigenvalue weighted by atomic mass is 16.6. The van der Waals surface area contributed by atoms with Crippen molar-refractivity contribution in [3.05, 3.63) is 12.2 Å². The average Bonchev–Trinajstić information content (AvgIpc) is 3.17. The van der Waals surface area contributed by atoms with Gasteiger partial charge in [0.15, 0.2) is 12.1 Å². The predicted molar refractivity (Wildman–Crippen MR) is 83.6 cm³/mol. The van der Waals surface area contributed by atoms with E-state index in [0.29, 0.717) is 0 Å². The van der Waals surface area contributed by atoms with Crippen molar-refractivity contribution in [1.29, 1.82) is 0 Å². The number of amides is 1. The van der Waals surface area contributed by atoms with Crippen molar-refractivity contribution in [2.24, 2.45) is 16.5 Å². The summed E-state index contributed by atoms with van der Waals surface area (Å²) >= 11 is 0. The van der Waals surface area contributed by atoms with Crippen LogP contribution >= 0.6 is 0 Å².